The second-order valence-corrected chi connectivity index (χ2v) is 15.1. The average Bonchev–Trinajstić information content (AvgIpc) is 3.67. The first-order valence-corrected chi connectivity index (χ1v) is 19.8. The number of ether oxygens (including phenoxy) is 1. The Kier molecular flexibility index (Phi) is 10.2. The SMILES string of the molecule is O=C1CCC(N2C(=O)c3cccc(NCCOCCC(=O)N4CCN(C(=O)c5ccc(Nc6nc(C7CC7)cn7c(-c8cn[nH]c8)cnc67)c(F)c5)CC4)c3C2=O)C(=O)N1. The molecule has 1 aliphatic carbocycles. The maximum atomic E-state index is 15.6. The van der Waals surface area contributed by atoms with Crippen molar-refractivity contribution in [2.24, 2.45) is 0 Å². The molecule has 0 radical (unpaired) electrons. The van der Waals surface area contributed by atoms with Crippen LogP contribution in [0.4, 0.5) is 21.6 Å². The minimum absolute atomic E-state index is 0.0309. The molecule has 18 nitrogen and oxygen atoms in total. The molecule has 60 heavy (non-hydrogen) atoms. The molecule has 1 atom stereocenters. The number of carbonyl (C=O) groups excluding carboxylic acids is 6. The zero-order chi connectivity index (χ0) is 41.5. The number of halogens is 1. The first kappa shape index (κ1) is 38.5. The highest BCUT2D eigenvalue weighted by molar-refractivity contribution is 6.25. The summed E-state index contributed by atoms with van der Waals surface area (Å²) in [7, 11) is 0. The van der Waals surface area contributed by atoms with Crippen LogP contribution in [0.2, 0.25) is 0 Å². The number of rotatable bonds is 13. The maximum Gasteiger partial charge on any atom is 0.264 e. The number of piperazine rings is 1. The fraction of sp³-hybridized carbons (Fsp3) is 0.341. The Morgan fingerprint density at radius 2 is 1.75 bits per heavy atom. The lowest BCUT2D eigenvalue weighted by atomic mass is 10.0. The van der Waals surface area contributed by atoms with Crippen LogP contribution in [0, 0.1) is 5.82 Å². The van der Waals surface area contributed by atoms with Gasteiger partial charge in [-0.2, -0.15) is 5.10 Å². The Balaban J connectivity index is 0.734. The molecule has 0 bridgehead atoms. The summed E-state index contributed by atoms with van der Waals surface area (Å²) in [6.07, 6.45) is 9.44. The predicted molar refractivity (Wildman–Crippen MR) is 212 cm³/mol. The lowest BCUT2D eigenvalue weighted by Gasteiger charge is -2.35. The fourth-order valence-electron chi connectivity index (χ4n) is 7.83. The molecule has 6 amide bonds. The van der Waals surface area contributed by atoms with Gasteiger partial charge in [-0.1, -0.05) is 6.07 Å². The van der Waals surface area contributed by atoms with Gasteiger partial charge in [0.2, 0.25) is 17.7 Å². The van der Waals surface area contributed by atoms with Crippen molar-refractivity contribution in [2.75, 3.05) is 56.6 Å². The normalized spacial score (nSPS) is 17.9. The topological polar surface area (TPSA) is 216 Å². The fourth-order valence-corrected chi connectivity index (χ4v) is 7.83. The van der Waals surface area contributed by atoms with Gasteiger partial charge in [-0.3, -0.25) is 48.5 Å². The number of piperidine rings is 1. The van der Waals surface area contributed by atoms with Crippen LogP contribution >= 0.6 is 0 Å². The summed E-state index contributed by atoms with van der Waals surface area (Å²) < 4.78 is 23.2. The third-order valence-corrected chi connectivity index (χ3v) is 11.2. The summed E-state index contributed by atoms with van der Waals surface area (Å²) in [5.74, 6) is -2.67. The standard InChI is InChI=1S/C41H40FN11O7/c42-27-18-24(6-7-28(27)47-36-37-44-21-32(25-19-45-46-20-25)52(37)22-30(48-36)23-4-5-23)39(57)51-14-12-50(13-15-51)34(55)10-16-60-17-11-43-29-3-1-2-26-35(29)41(59)53(40(26)58)31-8-9-33(54)49-38(31)56/h1-3,6-7,18-23,31,43H,4-5,8-17H2,(H,45,46)(H,47,48)(H,49,54,56). The van der Waals surface area contributed by atoms with Crippen molar-refractivity contribution < 1.29 is 37.9 Å². The van der Waals surface area contributed by atoms with E-state index in [1.54, 1.807) is 46.6 Å². The van der Waals surface area contributed by atoms with Crippen molar-refractivity contribution >= 4 is 58.3 Å². The number of aromatic nitrogens is 5. The van der Waals surface area contributed by atoms with Gasteiger partial charge in [-0.05, 0) is 49.6 Å². The Bertz CT molecular complexity index is 2550. The zero-order valence-electron chi connectivity index (χ0n) is 32.3. The maximum absolute atomic E-state index is 15.6. The summed E-state index contributed by atoms with van der Waals surface area (Å²) in [6, 6.07) is 8.04. The minimum Gasteiger partial charge on any atom is -0.382 e. The Morgan fingerprint density at radius 1 is 0.933 bits per heavy atom. The number of nitrogens with one attached hydrogen (secondary N) is 4. The molecule has 1 unspecified atom stereocenters. The second kappa shape index (κ2) is 16.0. The van der Waals surface area contributed by atoms with Crippen molar-refractivity contribution in [1.82, 2.24) is 44.6 Å². The van der Waals surface area contributed by atoms with Crippen LogP contribution < -0.4 is 16.0 Å². The Hall–Kier alpha value is -7.02. The van der Waals surface area contributed by atoms with Crippen molar-refractivity contribution in [3.05, 3.63) is 89.4 Å². The van der Waals surface area contributed by atoms with Crippen LogP contribution in [0.1, 0.15) is 74.8 Å². The van der Waals surface area contributed by atoms with Crippen LogP contribution in [0.5, 0.6) is 0 Å². The first-order chi connectivity index (χ1) is 29.1. The number of anilines is 3. The summed E-state index contributed by atoms with van der Waals surface area (Å²) >= 11 is 0. The van der Waals surface area contributed by atoms with Gasteiger partial charge in [0.25, 0.3) is 17.7 Å². The lowest BCUT2D eigenvalue weighted by molar-refractivity contribution is -0.136. The molecular formula is C41H40FN11O7. The van der Waals surface area contributed by atoms with Crippen molar-refractivity contribution in [2.45, 2.75) is 44.1 Å². The van der Waals surface area contributed by atoms with Crippen LogP contribution in [0.3, 0.4) is 0 Å². The molecule has 1 saturated carbocycles. The molecule has 9 rings (SSSR count). The van der Waals surface area contributed by atoms with Gasteiger partial charge in [0.05, 0.1) is 60.2 Å². The number of hydrogen-bond acceptors (Lipinski definition) is 12. The molecule has 3 fully saturated rings. The van der Waals surface area contributed by atoms with Crippen molar-refractivity contribution in [1.29, 1.82) is 0 Å². The number of carbonyl (C=O) groups is 6. The third-order valence-electron chi connectivity index (χ3n) is 11.2. The summed E-state index contributed by atoms with van der Waals surface area (Å²) in [4.78, 5) is 90.2. The molecule has 19 heteroatoms. The van der Waals surface area contributed by atoms with E-state index in [4.69, 9.17) is 9.72 Å². The lowest BCUT2D eigenvalue weighted by Crippen LogP contribution is -2.54. The Morgan fingerprint density at radius 3 is 2.50 bits per heavy atom. The molecule has 6 heterocycles. The molecule has 5 aromatic rings. The van der Waals surface area contributed by atoms with Gasteiger partial charge in [0.1, 0.15) is 11.9 Å². The summed E-state index contributed by atoms with van der Waals surface area (Å²) in [5.41, 5.74) is 4.16. The molecule has 4 aliphatic rings. The highest BCUT2D eigenvalue weighted by atomic mass is 19.1. The van der Waals surface area contributed by atoms with E-state index in [1.165, 1.54) is 18.2 Å². The number of H-pyrrole nitrogens is 1. The number of imide groups is 2. The Labute approximate surface area is 341 Å². The zero-order valence-corrected chi connectivity index (χ0v) is 32.3. The summed E-state index contributed by atoms with van der Waals surface area (Å²) in [5, 5.41) is 15.3. The number of aromatic amines is 1. The highest BCUT2D eigenvalue weighted by Gasteiger charge is 2.45. The van der Waals surface area contributed by atoms with Gasteiger partial charge in [0.15, 0.2) is 11.5 Å². The van der Waals surface area contributed by atoms with E-state index < -0.39 is 35.5 Å². The van der Waals surface area contributed by atoms with E-state index in [0.717, 1.165) is 34.7 Å². The molecular weight excluding hydrogens is 778 g/mol. The molecule has 308 valence electrons. The number of amides is 6. The van der Waals surface area contributed by atoms with E-state index in [2.05, 4.69) is 31.1 Å². The molecule has 3 aromatic heterocycles. The highest BCUT2D eigenvalue weighted by Crippen LogP contribution is 2.40. The van der Waals surface area contributed by atoms with Crippen molar-refractivity contribution in [3.8, 4) is 11.3 Å². The van der Waals surface area contributed by atoms with Gasteiger partial charge in [-0.15, -0.1) is 0 Å². The predicted octanol–water partition coefficient (Wildman–Crippen LogP) is 3.08. The quantitative estimate of drug-likeness (QED) is 0.0997. The first-order valence-electron chi connectivity index (χ1n) is 19.8. The second-order valence-electron chi connectivity index (χ2n) is 15.1. The number of nitrogens with zero attached hydrogens (tertiary/aromatic N) is 7. The average molecular weight is 818 g/mol. The van der Waals surface area contributed by atoms with Gasteiger partial charge >= 0.3 is 0 Å². The van der Waals surface area contributed by atoms with Crippen LogP contribution in [0.15, 0.2) is 61.2 Å². The number of fused-ring (bicyclic) bond motifs is 2. The van der Waals surface area contributed by atoms with E-state index in [9.17, 15) is 28.8 Å². The van der Waals surface area contributed by atoms with E-state index >= 15 is 4.39 Å². The molecule has 2 saturated heterocycles. The van der Waals surface area contributed by atoms with E-state index in [1.807, 2.05) is 10.6 Å². The van der Waals surface area contributed by atoms with Gasteiger partial charge < -0.3 is 25.2 Å². The van der Waals surface area contributed by atoms with E-state index in [0.29, 0.717) is 36.2 Å². The summed E-state index contributed by atoms with van der Waals surface area (Å²) in [6.45, 7) is 1.83. The van der Waals surface area contributed by atoms with Crippen LogP contribution in [-0.2, 0) is 19.1 Å². The molecule has 0 spiro atoms. The largest absolute Gasteiger partial charge is 0.382 e. The van der Waals surface area contributed by atoms with Crippen LogP contribution in [-0.4, -0.2) is 127 Å². The minimum atomic E-state index is -1.06. The van der Waals surface area contributed by atoms with Gasteiger partial charge in [0, 0.05) is 74.3 Å². The smallest absolute Gasteiger partial charge is 0.264 e. The number of hydrogen-bond donors (Lipinski definition) is 4. The third kappa shape index (κ3) is 7.42. The van der Waals surface area contributed by atoms with Crippen LogP contribution in [0.25, 0.3) is 16.9 Å². The van der Waals surface area contributed by atoms with E-state index in [-0.39, 0.29) is 86.3 Å². The molecule has 2 aromatic carbocycles. The van der Waals surface area contributed by atoms with Crippen molar-refractivity contribution in [3.63, 3.8) is 0 Å². The monoisotopic (exact) mass is 817 g/mol. The molecule has 4 N–H and O–H groups in total. The molecule has 3 aliphatic heterocycles. The number of imidazole rings is 1. The van der Waals surface area contributed by atoms with Gasteiger partial charge in [-0.25, -0.2) is 14.4 Å². The number of benzene rings is 2.